The third-order valence-corrected chi connectivity index (χ3v) is 3.38. The van der Waals surface area contributed by atoms with E-state index < -0.39 is 12.2 Å². The summed E-state index contributed by atoms with van der Waals surface area (Å²) in [6.45, 7) is 1.68. The van der Waals surface area contributed by atoms with Crippen molar-refractivity contribution >= 4 is 10.9 Å². The van der Waals surface area contributed by atoms with Gasteiger partial charge in [-0.2, -0.15) is 0 Å². The summed E-state index contributed by atoms with van der Waals surface area (Å²) < 4.78 is 0. The van der Waals surface area contributed by atoms with E-state index in [1.165, 1.54) is 0 Å². The number of aromatic nitrogens is 1. The average molecular weight is 244 g/mol. The smallest absolute Gasteiger partial charge is 0.0938 e. The van der Waals surface area contributed by atoms with Gasteiger partial charge in [0.05, 0.1) is 23.4 Å². The molecule has 18 heavy (non-hydrogen) atoms. The molecule has 4 heteroatoms. The van der Waals surface area contributed by atoms with E-state index in [1.807, 2.05) is 35.2 Å². The number of β-amino-alcohol motifs (C(OH)–C–C–N with tert-alkyl or cyclic N) is 2. The lowest BCUT2D eigenvalue weighted by Gasteiger charge is -2.14. The second-order valence-electron chi connectivity index (χ2n) is 4.82. The fourth-order valence-electron chi connectivity index (χ4n) is 2.40. The molecule has 2 N–H and O–H groups in total. The van der Waals surface area contributed by atoms with E-state index in [9.17, 15) is 10.2 Å². The Balaban J connectivity index is 1.79. The number of hydrogen-bond acceptors (Lipinski definition) is 4. The number of fused-ring (bicyclic) bond motifs is 1. The van der Waals surface area contributed by atoms with Gasteiger partial charge in [0.2, 0.25) is 0 Å². The Hall–Kier alpha value is -1.49. The summed E-state index contributed by atoms with van der Waals surface area (Å²) in [7, 11) is 0. The van der Waals surface area contributed by atoms with Gasteiger partial charge in [0.1, 0.15) is 0 Å². The summed E-state index contributed by atoms with van der Waals surface area (Å²) in [6.07, 6.45) is -1.27. The van der Waals surface area contributed by atoms with Gasteiger partial charge >= 0.3 is 0 Å². The van der Waals surface area contributed by atoms with Crippen molar-refractivity contribution < 1.29 is 10.2 Å². The number of hydrogen-bond donors (Lipinski definition) is 2. The highest BCUT2D eigenvalue weighted by atomic mass is 16.3. The minimum atomic E-state index is -0.634. The minimum Gasteiger partial charge on any atom is -0.389 e. The first-order valence-corrected chi connectivity index (χ1v) is 6.15. The van der Waals surface area contributed by atoms with Crippen LogP contribution < -0.4 is 0 Å². The molecule has 2 aromatic rings. The molecule has 1 aliphatic rings. The van der Waals surface area contributed by atoms with Crippen LogP contribution in [0.15, 0.2) is 36.4 Å². The molecule has 1 aliphatic heterocycles. The number of benzene rings is 1. The molecule has 3 rings (SSSR count). The predicted molar refractivity (Wildman–Crippen MR) is 69.0 cm³/mol. The number of aliphatic hydroxyl groups excluding tert-OH is 2. The second kappa shape index (κ2) is 4.65. The highest BCUT2D eigenvalue weighted by Gasteiger charge is 2.29. The summed E-state index contributed by atoms with van der Waals surface area (Å²) in [5.41, 5.74) is 1.95. The zero-order valence-electron chi connectivity index (χ0n) is 10.0. The third kappa shape index (κ3) is 2.22. The van der Waals surface area contributed by atoms with Crippen LogP contribution in [0.4, 0.5) is 0 Å². The molecule has 0 amide bonds. The van der Waals surface area contributed by atoms with Crippen molar-refractivity contribution in [3.8, 4) is 0 Å². The van der Waals surface area contributed by atoms with Gasteiger partial charge in [-0.05, 0) is 12.1 Å². The van der Waals surface area contributed by atoms with E-state index in [2.05, 4.69) is 11.1 Å². The van der Waals surface area contributed by atoms with E-state index >= 15 is 0 Å². The molecule has 0 unspecified atom stereocenters. The molecular formula is C14H16N2O2. The maximum Gasteiger partial charge on any atom is 0.0938 e. The van der Waals surface area contributed by atoms with Crippen LogP contribution in [0, 0.1) is 0 Å². The molecule has 0 saturated carbocycles. The molecule has 2 heterocycles. The van der Waals surface area contributed by atoms with Crippen LogP contribution in [0.2, 0.25) is 0 Å². The van der Waals surface area contributed by atoms with Crippen LogP contribution in [0.3, 0.4) is 0 Å². The quantitative estimate of drug-likeness (QED) is 0.819. The van der Waals surface area contributed by atoms with Gasteiger partial charge in [-0.25, -0.2) is 0 Å². The van der Waals surface area contributed by atoms with Gasteiger partial charge in [0, 0.05) is 25.0 Å². The lowest BCUT2D eigenvalue weighted by Crippen LogP contribution is -2.22. The van der Waals surface area contributed by atoms with Crippen LogP contribution in [0.25, 0.3) is 10.9 Å². The van der Waals surface area contributed by atoms with Crippen molar-refractivity contribution in [1.82, 2.24) is 9.88 Å². The summed E-state index contributed by atoms with van der Waals surface area (Å²) in [4.78, 5) is 6.60. The van der Waals surface area contributed by atoms with Gasteiger partial charge in [-0.3, -0.25) is 9.88 Å². The molecule has 1 fully saturated rings. The van der Waals surface area contributed by atoms with Crippen molar-refractivity contribution in [3.05, 3.63) is 42.1 Å². The number of likely N-dealkylation sites (tertiary alicyclic amines) is 1. The molecule has 0 spiro atoms. The molecule has 0 bridgehead atoms. The van der Waals surface area contributed by atoms with E-state index in [4.69, 9.17) is 0 Å². The minimum absolute atomic E-state index is 0.510. The first-order valence-electron chi connectivity index (χ1n) is 6.15. The Kier molecular flexibility index (Phi) is 2.99. The standard InChI is InChI=1S/C14H16N2O2/c17-13-8-16(9-14(13)18)7-11-6-5-10-3-1-2-4-12(10)15-11/h1-6,13-14,17-18H,7-9H2/t13-,14+. The molecule has 2 atom stereocenters. The lowest BCUT2D eigenvalue weighted by molar-refractivity contribution is 0.0572. The van der Waals surface area contributed by atoms with Crippen molar-refractivity contribution in [1.29, 1.82) is 0 Å². The highest BCUT2D eigenvalue weighted by Crippen LogP contribution is 2.16. The maximum absolute atomic E-state index is 9.51. The molecule has 0 aliphatic carbocycles. The van der Waals surface area contributed by atoms with Crippen LogP contribution in [0.5, 0.6) is 0 Å². The summed E-state index contributed by atoms with van der Waals surface area (Å²) in [5.74, 6) is 0. The number of nitrogens with zero attached hydrogens (tertiary/aromatic N) is 2. The number of pyridine rings is 1. The van der Waals surface area contributed by atoms with Crippen LogP contribution in [-0.2, 0) is 6.54 Å². The molecule has 94 valence electrons. The molecule has 4 nitrogen and oxygen atoms in total. The Morgan fingerprint density at radius 2 is 1.78 bits per heavy atom. The second-order valence-corrected chi connectivity index (χ2v) is 4.82. The first kappa shape index (κ1) is 11.6. The summed E-state index contributed by atoms with van der Waals surface area (Å²) >= 11 is 0. The topological polar surface area (TPSA) is 56.6 Å². The van der Waals surface area contributed by atoms with Crippen LogP contribution in [-0.4, -0.2) is 45.4 Å². The van der Waals surface area contributed by atoms with Crippen LogP contribution >= 0.6 is 0 Å². The Labute approximate surface area is 105 Å². The average Bonchev–Trinajstić information content (AvgIpc) is 2.68. The molecular weight excluding hydrogens is 228 g/mol. The van der Waals surface area contributed by atoms with E-state index in [0.717, 1.165) is 16.6 Å². The number of rotatable bonds is 2. The van der Waals surface area contributed by atoms with Crippen molar-refractivity contribution in [2.75, 3.05) is 13.1 Å². The molecule has 1 aromatic heterocycles. The Morgan fingerprint density at radius 3 is 2.56 bits per heavy atom. The zero-order chi connectivity index (χ0) is 12.5. The molecule has 1 saturated heterocycles. The highest BCUT2D eigenvalue weighted by molar-refractivity contribution is 5.78. The van der Waals surface area contributed by atoms with Crippen LogP contribution in [0.1, 0.15) is 5.69 Å². The lowest BCUT2D eigenvalue weighted by atomic mass is 10.2. The van der Waals surface area contributed by atoms with Gasteiger partial charge in [0.25, 0.3) is 0 Å². The van der Waals surface area contributed by atoms with E-state index in [1.54, 1.807) is 0 Å². The largest absolute Gasteiger partial charge is 0.389 e. The maximum atomic E-state index is 9.51. The summed E-state index contributed by atoms with van der Waals surface area (Å²) in [5, 5.41) is 20.1. The number of aliphatic hydroxyl groups is 2. The third-order valence-electron chi connectivity index (χ3n) is 3.38. The summed E-state index contributed by atoms with van der Waals surface area (Å²) in [6, 6.07) is 12.1. The fourth-order valence-corrected chi connectivity index (χ4v) is 2.40. The monoisotopic (exact) mass is 244 g/mol. The Morgan fingerprint density at radius 1 is 1.06 bits per heavy atom. The zero-order valence-corrected chi connectivity index (χ0v) is 10.0. The van der Waals surface area contributed by atoms with E-state index in [0.29, 0.717) is 19.6 Å². The van der Waals surface area contributed by atoms with Crippen molar-refractivity contribution in [2.24, 2.45) is 0 Å². The molecule has 0 radical (unpaired) electrons. The Bertz CT molecular complexity index is 548. The predicted octanol–water partition coefficient (Wildman–Crippen LogP) is 0.772. The van der Waals surface area contributed by atoms with Crippen molar-refractivity contribution in [2.45, 2.75) is 18.8 Å². The number of para-hydroxylation sites is 1. The van der Waals surface area contributed by atoms with Gasteiger partial charge in [-0.1, -0.05) is 24.3 Å². The van der Waals surface area contributed by atoms with Crippen molar-refractivity contribution in [3.63, 3.8) is 0 Å². The molecule has 1 aromatic carbocycles. The fraction of sp³-hybridized carbons (Fsp3) is 0.357. The van der Waals surface area contributed by atoms with E-state index in [-0.39, 0.29) is 0 Å². The van der Waals surface area contributed by atoms with Gasteiger partial charge in [-0.15, -0.1) is 0 Å². The first-order chi connectivity index (χ1) is 8.72. The van der Waals surface area contributed by atoms with Gasteiger partial charge < -0.3 is 10.2 Å². The SMILES string of the molecule is O[C@@H]1CN(Cc2ccc3ccccc3n2)C[C@@H]1O. The van der Waals surface area contributed by atoms with Gasteiger partial charge in [0.15, 0.2) is 0 Å². The normalized spacial score (nSPS) is 24.8.